The van der Waals surface area contributed by atoms with E-state index in [4.69, 9.17) is 9.47 Å². The van der Waals surface area contributed by atoms with Gasteiger partial charge in [0.1, 0.15) is 5.56 Å². The molecule has 1 aliphatic rings. The number of nitrogens with zero attached hydrogens (tertiary/aromatic N) is 2. The minimum atomic E-state index is -0.308. The lowest BCUT2D eigenvalue weighted by Gasteiger charge is -2.34. The SMILES string of the molecule is CCOC(=O)c1cnc2ccccc2c1N1CCC(OCC)CC1. The van der Waals surface area contributed by atoms with Crippen molar-refractivity contribution in [2.45, 2.75) is 32.8 Å². The van der Waals surface area contributed by atoms with Crippen molar-refractivity contribution in [2.24, 2.45) is 0 Å². The summed E-state index contributed by atoms with van der Waals surface area (Å²) in [6.07, 6.45) is 3.88. The Bertz CT molecular complexity index is 709. The average molecular weight is 328 g/mol. The largest absolute Gasteiger partial charge is 0.462 e. The average Bonchev–Trinajstić information content (AvgIpc) is 2.62. The van der Waals surface area contributed by atoms with Crippen LogP contribution in [0.15, 0.2) is 30.5 Å². The fourth-order valence-electron chi connectivity index (χ4n) is 3.31. The summed E-state index contributed by atoms with van der Waals surface area (Å²) in [6.45, 7) is 6.69. The van der Waals surface area contributed by atoms with Crippen LogP contribution in [0.3, 0.4) is 0 Å². The standard InChI is InChI=1S/C19H24N2O3/c1-3-23-14-9-11-21(12-10-14)18-15-7-5-6-8-17(15)20-13-16(18)19(22)24-4-2/h5-8,13-14H,3-4,9-12H2,1-2H3. The van der Waals surface area contributed by atoms with Gasteiger partial charge in [0.15, 0.2) is 0 Å². The molecule has 1 aromatic heterocycles. The minimum Gasteiger partial charge on any atom is -0.462 e. The summed E-state index contributed by atoms with van der Waals surface area (Å²) in [5.41, 5.74) is 2.38. The van der Waals surface area contributed by atoms with Crippen molar-refractivity contribution in [3.05, 3.63) is 36.0 Å². The van der Waals surface area contributed by atoms with Gasteiger partial charge in [0.2, 0.25) is 0 Å². The zero-order valence-corrected chi connectivity index (χ0v) is 14.3. The van der Waals surface area contributed by atoms with Crippen LogP contribution in [-0.2, 0) is 9.47 Å². The molecule has 1 saturated heterocycles. The summed E-state index contributed by atoms with van der Waals surface area (Å²) in [5, 5.41) is 0.998. The second-order valence-corrected chi connectivity index (χ2v) is 5.90. The smallest absolute Gasteiger partial charge is 0.341 e. The number of piperidine rings is 1. The second-order valence-electron chi connectivity index (χ2n) is 5.90. The molecular weight excluding hydrogens is 304 g/mol. The Hall–Kier alpha value is -2.14. The molecule has 5 heteroatoms. The number of hydrogen-bond acceptors (Lipinski definition) is 5. The van der Waals surface area contributed by atoms with Crippen molar-refractivity contribution in [1.82, 2.24) is 4.98 Å². The fraction of sp³-hybridized carbons (Fsp3) is 0.474. The zero-order valence-electron chi connectivity index (χ0n) is 14.3. The molecule has 128 valence electrons. The van der Waals surface area contributed by atoms with Gasteiger partial charge in [-0.05, 0) is 32.8 Å². The van der Waals surface area contributed by atoms with Gasteiger partial charge < -0.3 is 14.4 Å². The van der Waals surface area contributed by atoms with Gasteiger partial charge >= 0.3 is 5.97 Å². The van der Waals surface area contributed by atoms with Crippen LogP contribution in [0.1, 0.15) is 37.0 Å². The Labute approximate surface area is 142 Å². The number of ether oxygens (including phenoxy) is 2. The molecule has 0 bridgehead atoms. The van der Waals surface area contributed by atoms with Crippen molar-refractivity contribution in [1.29, 1.82) is 0 Å². The van der Waals surface area contributed by atoms with E-state index in [0.717, 1.165) is 49.1 Å². The first-order valence-corrected chi connectivity index (χ1v) is 8.66. The molecule has 0 spiro atoms. The monoisotopic (exact) mass is 328 g/mol. The number of benzene rings is 1. The predicted octanol–water partition coefficient (Wildman–Crippen LogP) is 3.42. The summed E-state index contributed by atoms with van der Waals surface area (Å²) in [6, 6.07) is 7.94. The van der Waals surface area contributed by atoms with E-state index in [2.05, 4.69) is 9.88 Å². The lowest BCUT2D eigenvalue weighted by atomic mass is 10.0. The van der Waals surface area contributed by atoms with E-state index in [1.165, 1.54) is 0 Å². The van der Waals surface area contributed by atoms with Crippen LogP contribution in [0.2, 0.25) is 0 Å². The molecule has 24 heavy (non-hydrogen) atoms. The number of rotatable bonds is 5. The van der Waals surface area contributed by atoms with Crippen LogP contribution >= 0.6 is 0 Å². The molecule has 0 amide bonds. The van der Waals surface area contributed by atoms with Crippen LogP contribution in [-0.4, -0.2) is 43.4 Å². The maximum absolute atomic E-state index is 12.4. The van der Waals surface area contributed by atoms with E-state index in [9.17, 15) is 4.79 Å². The first kappa shape index (κ1) is 16.7. The van der Waals surface area contributed by atoms with Gasteiger partial charge in [-0.1, -0.05) is 18.2 Å². The molecule has 0 radical (unpaired) electrons. The Morgan fingerprint density at radius 3 is 2.67 bits per heavy atom. The van der Waals surface area contributed by atoms with Crippen LogP contribution in [0.4, 0.5) is 5.69 Å². The maximum atomic E-state index is 12.4. The molecule has 3 rings (SSSR count). The molecule has 0 aliphatic carbocycles. The Kier molecular flexibility index (Phi) is 5.30. The van der Waals surface area contributed by atoms with Gasteiger partial charge in [-0.3, -0.25) is 4.98 Å². The third-order valence-corrected chi connectivity index (χ3v) is 4.40. The Morgan fingerprint density at radius 2 is 1.96 bits per heavy atom. The minimum absolute atomic E-state index is 0.308. The van der Waals surface area contributed by atoms with Crippen LogP contribution in [0.5, 0.6) is 0 Å². The number of esters is 1. The molecule has 0 unspecified atom stereocenters. The lowest BCUT2D eigenvalue weighted by molar-refractivity contribution is 0.0458. The summed E-state index contributed by atoms with van der Waals surface area (Å²) in [4.78, 5) is 19.1. The number of anilines is 1. The first-order valence-electron chi connectivity index (χ1n) is 8.66. The van der Waals surface area contributed by atoms with Crippen molar-refractivity contribution in [2.75, 3.05) is 31.2 Å². The number of para-hydroxylation sites is 1. The summed E-state index contributed by atoms with van der Waals surface area (Å²) >= 11 is 0. The maximum Gasteiger partial charge on any atom is 0.341 e. The van der Waals surface area contributed by atoms with Crippen molar-refractivity contribution in [3.8, 4) is 0 Å². The Morgan fingerprint density at radius 1 is 1.21 bits per heavy atom. The number of carbonyl (C=O) groups is 1. The van der Waals surface area contributed by atoms with Crippen LogP contribution in [0.25, 0.3) is 10.9 Å². The number of fused-ring (bicyclic) bond motifs is 1. The van der Waals surface area contributed by atoms with Gasteiger partial charge in [-0.15, -0.1) is 0 Å². The van der Waals surface area contributed by atoms with Gasteiger partial charge in [-0.25, -0.2) is 4.79 Å². The molecule has 0 saturated carbocycles. The van der Waals surface area contributed by atoms with Gasteiger partial charge in [0.25, 0.3) is 0 Å². The van der Waals surface area contributed by atoms with Crippen molar-refractivity contribution in [3.63, 3.8) is 0 Å². The highest BCUT2D eigenvalue weighted by Gasteiger charge is 2.25. The van der Waals surface area contributed by atoms with Gasteiger partial charge in [-0.2, -0.15) is 0 Å². The summed E-state index contributed by atoms with van der Waals surface area (Å²) in [5.74, 6) is -0.308. The molecule has 5 nitrogen and oxygen atoms in total. The summed E-state index contributed by atoms with van der Waals surface area (Å²) < 4.78 is 11.0. The summed E-state index contributed by atoms with van der Waals surface area (Å²) in [7, 11) is 0. The van der Waals surface area contributed by atoms with E-state index in [1.807, 2.05) is 38.1 Å². The third kappa shape index (κ3) is 3.36. The number of aromatic nitrogens is 1. The van der Waals surface area contributed by atoms with E-state index in [-0.39, 0.29) is 5.97 Å². The van der Waals surface area contributed by atoms with E-state index >= 15 is 0 Å². The highest BCUT2D eigenvalue weighted by Crippen LogP contribution is 2.32. The van der Waals surface area contributed by atoms with Crippen LogP contribution < -0.4 is 4.90 Å². The highest BCUT2D eigenvalue weighted by atomic mass is 16.5. The number of pyridine rings is 1. The second kappa shape index (κ2) is 7.62. The topological polar surface area (TPSA) is 51.7 Å². The molecule has 0 N–H and O–H groups in total. The first-order chi connectivity index (χ1) is 11.7. The van der Waals surface area contributed by atoms with Crippen LogP contribution in [0, 0.1) is 0 Å². The molecule has 1 fully saturated rings. The lowest BCUT2D eigenvalue weighted by Crippen LogP contribution is -2.38. The van der Waals surface area contributed by atoms with E-state index in [1.54, 1.807) is 6.20 Å². The molecule has 1 aromatic carbocycles. The normalized spacial score (nSPS) is 15.7. The highest BCUT2D eigenvalue weighted by molar-refractivity contribution is 6.05. The Balaban J connectivity index is 1.98. The van der Waals surface area contributed by atoms with E-state index in [0.29, 0.717) is 18.3 Å². The molecule has 2 aromatic rings. The third-order valence-electron chi connectivity index (χ3n) is 4.40. The number of hydrogen-bond donors (Lipinski definition) is 0. The van der Waals surface area contributed by atoms with E-state index < -0.39 is 0 Å². The molecule has 0 atom stereocenters. The fourth-order valence-corrected chi connectivity index (χ4v) is 3.31. The quantitative estimate of drug-likeness (QED) is 0.787. The van der Waals surface area contributed by atoms with Gasteiger partial charge in [0, 0.05) is 31.3 Å². The molecule has 1 aliphatic heterocycles. The molecular formula is C19H24N2O3. The zero-order chi connectivity index (χ0) is 16.9. The molecule has 2 heterocycles. The van der Waals surface area contributed by atoms with Crippen molar-refractivity contribution < 1.29 is 14.3 Å². The van der Waals surface area contributed by atoms with Gasteiger partial charge in [0.05, 0.1) is 23.9 Å². The van der Waals surface area contributed by atoms with Crippen molar-refractivity contribution >= 4 is 22.6 Å². The number of carbonyl (C=O) groups excluding carboxylic acids is 1. The predicted molar refractivity (Wildman–Crippen MR) is 94.6 cm³/mol.